The van der Waals surface area contributed by atoms with E-state index in [9.17, 15) is 9.59 Å². The predicted octanol–water partition coefficient (Wildman–Crippen LogP) is 4.79. The first-order valence-corrected chi connectivity index (χ1v) is 11.0. The fraction of sp³-hybridized carbons (Fsp3) is 0.259. The molecule has 0 atom stereocenters. The minimum absolute atomic E-state index is 0.0244. The van der Waals surface area contributed by atoms with Crippen molar-refractivity contribution in [1.29, 1.82) is 0 Å². The van der Waals surface area contributed by atoms with Gasteiger partial charge in [-0.3, -0.25) is 9.59 Å². The summed E-state index contributed by atoms with van der Waals surface area (Å²) in [5, 5.41) is 0. The van der Waals surface area contributed by atoms with Gasteiger partial charge in [0, 0.05) is 36.4 Å². The smallest absolute Gasteiger partial charge is 0.258 e. The van der Waals surface area contributed by atoms with Crippen LogP contribution in [0.25, 0.3) is 0 Å². The van der Waals surface area contributed by atoms with Crippen molar-refractivity contribution in [3.05, 3.63) is 100 Å². The number of benzene rings is 3. The molecule has 4 heteroatoms. The molecule has 31 heavy (non-hydrogen) atoms. The van der Waals surface area contributed by atoms with Gasteiger partial charge in [0.25, 0.3) is 11.8 Å². The van der Waals surface area contributed by atoms with E-state index in [2.05, 4.69) is 18.2 Å². The predicted molar refractivity (Wildman–Crippen MR) is 123 cm³/mol. The van der Waals surface area contributed by atoms with Crippen LogP contribution in [0.5, 0.6) is 0 Å². The molecule has 5 rings (SSSR count). The zero-order valence-electron chi connectivity index (χ0n) is 17.8. The maximum atomic E-state index is 13.2. The molecular weight excluding hydrogens is 384 g/mol. The molecule has 156 valence electrons. The molecule has 0 saturated heterocycles. The summed E-state index contributed by atoms with van der Waals surface area (Å²) in [4.78, 5) is 30.2. The number of carbonyl (C=O) groups excluding carboxylic acids is 2. The lowest BCUT2D eigenvalue weighted by Gasteiger charge is -2.31. The molecule has 0 aliphatic carbocycles. The fourth-order valence-corrected chi connectivity index (χ4v) is 4.73. The molecule has 0 radical (unpaired) electrons. The van der Waals surface area contributed by atoms with Crippen molar-refractivity contribution in [1.82, 2.24) is 4.90 Å². The maximum Gasteiger partial charge on any atom is 0.258 e. The second-order valence-corrected chi connectivity index (χ2v) is 8.52. The number of hydrogen-bond acceptors (Lipinski definition) is 2. The van der Waals surface area contributed by atoms with E-state index in [0.717, 1.165) is 42.6 Å². The van der Waals surface area contributed by atoms with Crippen molar-refractivity contribution in [2.75, 3.05) is 18.0 Å². The van der Waals surface area contributed by atoms with Crippen LogP contribution in [-0.4, -0.2) is 29.8 Å². The Kier molecular flexibility index (Phi) is 5.06. The average Bonchev–Trinajstić information content (AvgIpc) is 2.82. The second-order valence-electron chi connectivity index (χ2n) is 8.52. The Labute approximate surface area is 183 Å². The Morgan fingerprint density at radius 2 is 1.55 bits per heavy atom. The van der Waals surface area contributed by atoms with Gasteiger partial charge in [0.05, 0.1) is 0 Å². The zero-order chi connectivity index (χ0) is 21.4. The highest BCUT2D eigenvalue weighted by Crippen LogP contribution is 2.30. The lowest BCUT2D eigenvalue weighted by Crippen LogP contribution is -2.37. The summed E-state index contributed by atoms with van der Waals surface area (Å²) in [5.74, 6) is 0.0933. The molecule has 3 aromatic carbocycles. The quantitative estimate of drug-likeness (QED) is 0.610. The minimum Gasteiger partial charge on any atom is -0.334 e. The van der Waals surface area contributed by atoms with Gasteiger partial charge >= 0.3 is 0 Å². The molecule has 0 fully saturated rings. The van der Waals surface area contributed by atoms with Gasteiger partial charge in [0.2, 0.25) is 0 Å². The molecule has 2 amide bonds. The first-order valence-electron chi connectivity index (χ1n) is 11.0. The number of nitrogens with zero attached hydrogens (tertiary/aromatic N) is 2. The average molecular weight is 411 g/mol. The van der Waals surface area contributed by atoms with E-state index in [1.54, 1.807) is 0 Å². The molecule has 2 heterocycles. The molecule has 0 saturated carbocycles. The molecule has 2 aliphatic heterocycles. The molecular formula is C27H26N2O2. The van der Waals surface area contributed by atoms with Crippen molar-refractivity contribution >= 4 is 17.5 Å². The third-order valence-electron chi connectivity index (χ3n) is 6.37. The van der Waals surface area contributed by atoms with Crippen LogP contribution >= 0.6 is 0 Å². The van der Waals surface area contributed by atoms with Crippen LogP contribution in [0.1, 0.15) is 49.4 Å². The van der Waals surface area contributed by atoms with E-state index in [0.29, 0.717) is 24.2 Å². The summed E-state index contributed by atoms with van der Waals surface area (Å²) in [5.41, 5.74) is 7.07. The number of carbonyl (C=O) groups is 2. The third-order valence-corrected chi connectivity index (χ3v) is 6.37. The Hall–Kier alpha value is -3.40. The first-order chi connectivity index (χ1) is 15.1. The van der Waals surface area contributed by atoms with Gasteiger partial charge in [-0.15, -0.1) is 0 Å². The van der Waals surface area contributed by atoms with Crippen molar-refractivity contribution in [3.63, 3.8) is 0 Å². The summed E-state index contributed by atoms with van der Waals surface area (Å²) in [6.07, 6.45) is 2.68. The van der Waals surface area contributed by atoms with Crippen LogP contribution < -0.4 is 4.90 Å². The standard InChI is InChI=1S/C27H26N2O2/c1-19-6-4-9-22(16-19)27(31)29-14-5-10-21-17-23(11-12-25(21)29)26(30)28-15-13-20-7-2-3-8-24(20)18-28/h2-4,6-9,11-12,16-17H,5,10,13-15,18H2,1H3. The molecule has 2 aliphatic rings. The molecule has 0 aromatic heterocycles. The fourth-order valence-electron chi connectivity index (χ4n) is 4.73. The highest BCUT2D eigenvalue weighted by atomic mass is 16.2. The summed E-state index contributed by atoms with van der Waals surface area (Å²) in [7, 11) is 0. The SMILES string of the molecule is Cc1cccc(C(=O)N2CCCc3cc(C(=O)N4CCc5ccccc5C4)ccc32)c1. The van der Waals surface area contributed by atoms with Crippen LogP contribution in [0.4, 0.5) is 5.69 Å². The summed E-state index contributed by atoms with van der Waals surface area (Å²) < 4.78 is 0. The van der Waals surface area contributed by atoms with Crippen molar-refractivity contribution in [3.8, 4) is 0 Å². The Morgan fingerprint density at radius 1 is 0.742 bits per heavy atom. The van der Waals surface area contributed by atoms with Crippen LogP contribution in [0.15, 0.2) is 66.7 Å². The van der Waals surface area contributed by atoms with Gasteiger partial charge in [-0.25, -0.2) is 0 Å². The van der Waals surface area contributed by atoms with Crippen molar-refractivity contribution in [2.24, 2.45) is 0 Å². The van der Waals surface area contributed by atoms with Gasteiger partial charge < -0.3 is 9.80 Å². The third kappa shape index (κ3) is 3.74. The molecule has 0 bridgehead atoms. The minimum atomic E-state index is 0.0244. The largest absolute Gasteiger partial charge is 0.334 e. The lowest BCUT2D eigenvalue weighted by atomic mass is 9.96. The van der Waals surface area contributed by atoms with Gasteiger partial charge in [0.15, 0.2) is 0 Å². The van der Waals surface area contributed by atoms with E-state index in [4.69, 9.17) is 0 Å². The Bertz CT molecular complexity index is 1170. The van der Waals surface area contributed by atoms with Gasteiger partial charge in [-0.2, -0.15) is 0 Å². The molecule has 0 N–H and O–H groups in total. The molecule has 0 spiro atoms. The Balaban J connectivity index is 1.39. The van der Waals surface area contributed by atoms with Gasteiger partial charge in [-0.05, 0) is 73.2 Å². The highest BCUT2D eigenvalue weighted by molar-refractivity contribution is 6.07. The van der Waals surface area contributed by atoms with E-state index < -0.39 is 0 Å². The number of anilines is 1. The monoisotopic (exact) mass is 410 g/mol. The summed E-state index contributed by atoms with van der Waals surface area (Å²) in [6, 6.07) is 21.9. The number of hydrogen-bond donors (Lipinski definition) is 0. The van der Waals surface area contributed by atoms with Crippen LogP contribution in [0.2, 0.25) is 0 Å². The summed E-state index contributed by atoms with van der Waals surface area (Å²) >= 11 is 0. The van der Waals surface area contributed by atoms with Crippen molar-refractivity contribution in [2.45, 2.75) is 32.7 Å². The lowest BCUT2D eigenvalue weighted by molar-refractivity contribution is 0.0734. The number of fused-ring (bicyclic) bond motifs is 2. The van der Waals surface area contributed by atoms with E-state index in [1.165, 1.54) is 11.1 Å². The zero-order valence-corrected chi connectivity index (χ0v) is 17.8. The van der Waals surface area contributed by atoms with Crippen LogP contribution in [-0.2, 0) is 19.4 Å². The molecule has 0 unspecified atom stereocenters. The Morgan fingerprint density at radius 3 is 2.39 bits per heavy atom. The molecule has 3 aromatic rings. The number of aryl methyl sites for hydroxylation is 2. The molecule has 4 nitrogen and oxygen atoms in total. The van der Waals surface area contributed by atoms with E-state index in [-0.39, 0.29) is 11.8 Å². The van der Waals surface area contributed by atoms with Gasteiger partial charge in [-0.1, -0.05) is 42.0 Å². The normalized spacial score (nSPS) is 15.3. The number of amides is 2. The van der Waals surface area contributed by atoms with Crippen molar-refractivity contribution < 1.29 is 9.59 Å². The first kappa shape index (κ1) is 19.6. The number of rotatable bonds is 2. The van der Waals surface area contributed by atoms with Gasteiger partial charge in [0.1, 0.15) is 0 Å². The second kappa shape index (κ2) is 8.03. The highest BCUT2D eigenvalue weighted by Gasteiger charge is 2.26. The summed E-state index contributed by atoms with van der Waals surface area (Å²) in [6.45, 7) is 4.10. The van der Waals surface area contributed by atoms with E-state index in [1.807, 2.05) is 65.3 Å². The van der Waals surface area contributed by atoms with Crippen LogP contribution in [0, 0.1) is 6.92 Å². The van der Waals surface area contributed by atoms with Crippen LogP contribution in [0.3, 0.4) is 0 Å². The topological polar surface area (TPSA) is 40.6 Å². The van der Waals surface area contributed by atoms with E-state index >= 15 is 0 Å². The maximum absolute atomic E-state index is 13.2.